The first-order chi connectivity index (χ1) is 20.2. The molecule has 2 fully saturated rings. The van der Waals surface area contributed by atoms with Crippen LogP contribution in [0.2, 0.25) is 0 Å². The first kappa shape index (κ1) is 26.7. The number of thiophene rings is 1. The van der Waals surface area contributed by atoms with Crippen molar-refractivity contribution in [3.8, 4) is 17.3 Å². The summed E-state index contributed by atoms with van der Waals surface area (Å²) < 4.78 is 37.7. The molecule has 3 aromatic heterocycles. The summed E-state index contributed by atoms with van der Waals surface area (Å²) in [6.45, 7) is 2.14. The molecule has 1 atom stereocenters. The van der Waals surface area contributed by atoms with Gasteiger partial charge in [-0.15, -0.1) is 11.3 Å². The van der Waals surface area contributed by atoms with Crippen LogP contribution in [-0.4, -0.2) is 83.5 Å². The lowest BCUT2D eigenvalue weighted by Crippen LogP contribution is -2.58. The summed E-state index contributed by atoms with van der Waals surface area (Å²) in [5.41, 5.74) is 7.52. The summed E-state index contributed by atoms with van der Waals surface area (Å²) in [6.07, 6.45) is 1.60. The Morgan fingerprint density at radius 3 is 2.67 bits per heavy atom. The Morgan fingerprint density at radius 2 is 1.98 bits per heavy atom. The maximum atomic E-state index is 17.0. The summed E-state index contributed by atoms with van der Waals surface area (Å²) >= 11 is 0.926. The van der Waals surface area contributed by atoms with E-state index in [0.29, 0.717) is 60.4 Å². The van der Waals surface area contributed by atoms with Crippen molar-refractivity contribution in [3.63, 3.8) is 0 Å². The number of nitrogen functional groups attached to an aromatic ring is 1. The van der Waals surface area contributed by atoms with Gasteiger partial charge in [-0.1, -0.05) is 0 Å². The van der Waals surface area contributed by atoms with Crippen LogP contribution in [0.25, 0.3) is 32.2 Å². The van der Waals surface area contributed by atoms with Crippen molar-refractivity contribution in [2.75, 3.05) is 56.7 Å². The van der Waals surface area contributed by atoms with Crippen molar-refractivity contribution in [2.24, 2.45) is 0 Å². The average molecular weight is 592 g/mol. The molecule has 6 heterocycles. The molecule has 3 aliphatic heterocycles. The van der Waals surface area contributed by atoms with Gasteiger partial charge in [-0.3, -0.25) is 9.78 Å². The van der Waals surface area contributed by atoms with Crippen molar-refractivity contribution >= 4 is 55.0 Å². The van der Waals surface area contributed by atoms with Gasteiger partial charge in [0.15, 0.2) is 11.6 Å². The Bertz CT molecular complexity index is 1850. The Balaban J connectivity index is 1.49. The van der Waals surface area contributed by atoms with E-state index in [1.165, 1.54) is 0 Å². The molecule has 14 heteroatoms. The molecule has 0 aliphatic carbocycles. The predicted molar refractivity (Wildman–Crippen MR) is 155 cm³/mol. The number of nitrogens with two attached hydrogens (primary N) is 1. The molecule has 4 aromatic rings. The van der Waals surface area contributed by atoms with Crippen LogP contribution in [0, 0.1) is 23.0 Å². The summed E-state index contributed by atoms with van der Waals surface area (Å²) in [5.74, 6) is -0.702. The number of likely N-dealkylation sites (tertiary alicyclic amines) is 1. The predicted octanol–water partition coefficient (Wildman–Crippen LogP) is 3.06. The standard InChI is InChI=1S/C28H27F2N9O2S/c1-37(2)12-8-39(9-12)28-35-23-20(26(36-28)34-17-4-5-38(3)27(17)40)15-11-41-10-14(15)18(21(23)30)22-19-13(6-31)25(32)42-24(19)16(29)7-33-22/h7,12,17H,4-5,8-11,32H2,1-3H3,(H,34,35,36). The molecule has 0 radical (unpaired) electrons. The molecule has 0 bridgehead atoms. The van der Waals surface area contributed by atoms with E-state index in [1.54, 1.807) is 11.9 Å². The molecule has 0 saturated carbocycles. The van der Waals surface area contributed by atoms with Crippen LogP contribution >= 0.6 is 11.3 Å². The minimum Gasteiger partial charge on any atom is -0.389 e. The number of carbonyl (C=O) groups excluding carboxylic acids is 1. The summed E-state index contributed by atoms with van der Waals surface area (Å²) in [5, 5.41) is 13.9. The Kier molecular flexibility index (Phi) is 6.16. The number of nitrogens with zero attached hydrogens (tertiary/aromatic N) is 7. The van der Waals surface area contributed by atoms with Crippen molar-refractivity contribution < 1.29 is 18.3 Å². The molecular weight excluding hydrogens is 564 g/mol. The zero-order chi connectivity index (χ0) is 29.4. The van der Waals surface area contributed by atoms with E-state index in [2.05, 4.69) is 15.2 Å². The number of pyridine rings is 1. The minimum absolute atomic E-state index is 0.0369. The summed E-state index contributed by atoms with van der Waals surface area (Å²) in [6, 6.07) is 1.81. The van der Waals surface area contributed by atoms with Gasteiger partial charge in [-0.2, -0.15) is 10.2 Å². The third-order valence-electron chi connectivity index (χ3n) is 8.44. The Labute approximate surface area is 243 Å². The number of halogens is 2. The van der Waals surface area contributed by atoms with E-state index in [4.69, 9.17) is 20.4 Å². The van der Waals surface area contributed by atoms with Crippen LogP contribution in [0.4, 0.5) is 25.5 Å². The van der Waals surface area contributed by atoms with Gasteiger partial charge in [-0.05, 0) is 31.6 Å². The Hall–Kier alpha value is -4.19. The highest BCUT2D eigenvalue weighted by Gasteiger charge is 2.36. The Morgan fingerprint density at radius 1 is 1.21 bits per heavy atom. The van der Waals surface area contributed by atoms with Crippen LogP contribution in [0.1, 0.15) is 23.1 Å². The van der Waals surface area contributed by atoms with Crippen LogP contribution in [0.3, 0.4) is 0 Å². The zero-order valence-corrected chi connectivity index (χ0v) is 24.0. The minimum atomic E-state index is -0.686. The second kappa shape index (κ2) is 9.69. The number of nitrogens with one attached hydrogen (secondary N) is 1. The fourth-order valence-corrected chi connectivity index (χ4v) is 6.89. The zero-order valence-electron chi connectivity index (χ0n) is 23.2. The maximum absolute atomic E-state index is 17.0. The normalized spacial score (nSPS) is 18.8. The molecule has 7 rings (SSSR count). The SMILES string of the molecule is CN1CCC(Nc2nc(N3CC(N(C)C)C3)nc3c(F)c(-c4ncc(F)c5sc(N)c(C#N)c45)c4c(c23)COC4)C1=O. The van der Waals surface area contributed by atoms with Crippen molar-refractivity contribution in [2.45, 2.75) is 31.7 Å². The monoisotopic (exact) mass is 591 g/mol. The highest BCUT2D eigenvalue weighted by atomic mass is 32.1. The van der Waals surface area contributed by atoms with Crippen LogP contribution in [0.5, 0.6) is 0 Å². The molecule has 3 aliphatic rings. The third-order valence-corrected chi connectivity index (χ3v) is 9.47. The number of hydrogen-bond donors (Lipinski definition) is 2. The smallest absolute Gasteiger partial charge is 0.244 e. The molecule has 1 aromatic carbocycles. The topological polar surface area (TPSA) is 137 Å². The fourth-order valence-electron chi connectivity index (χ4n) is 5.97. The van der Waals surface area contributed by atoms with Gasteiger partial charge in [0.25, 0.3) is 0 Å². The van der Waals surface area contributed by atoms with Crippen molar-refractivity contribution in [3.05, 3.63) is 34.5 Å². The lowest BCUT2D eigenvalue weighted by Gasteiger charge is -2.42. The number of hydrogen-bond acceptors (Lipinski definition) is 11. The van der Waals surface area contributed by atoms with Crippen molar-refractivity contribution in [1.29, 1.82) is 5.26 Å². The van der Waals surface area contributed by atoms with Gasteiger partial charge in [0.2, 0.25) is 11.9 Å². The van der Waals surface area contributed by atoms with E-state index in [1.807, 2.05) is 25.1 Å². The van der Waals surface area contributed by atoms with Crippen molar-refractivity contribution in [1.82, 2.24) is 24.8 Å². The first-order valence-electron chi connectivity index (χ1n) is 13.5. The van der Waals surface area contributed by atoms with Gasteiger partial charge in [0.05, 0.1) is 40.8 Å². The number of rotatable bonds is 5. The maximum Gasteiger partial charge on any atom is 0.244 e. The quantitative estimate of drug-likeness (QED) is 0.356. The molecule has 2 saturated heterocycles. The lowest BCUT2D eigenvalue weighted by atomic mass is 9.93. The van der Waals surface area contributed by atoms with Gasteiger partial charge >= 0.3 is 0 Å². The fraction of sp³-hybridized carbons (Fsp3) is 0.393. The molecule has 42 heavy (non-hydrogen) atoms. The molecule has 0 spiro atoms. The van der Waals surface area contributed by atoms with Crippen LogP contribution in [-0.2, 0) is 22.7 Å². The molecule has 3 N–H and O–H groups in total. The number of benzene rings is 1. The number of ether oxygens (including phenoxy) is 1. The molecule has 216 valence electrons. The highest BCUT2D eigenvalue weighted by Crippen LogP contribution is 2.46. The second-order valence-corrected chi connectivity index (χ2v) is 12.2. The third kappa shape index (κ3) is 3.88. The molecular formula is C28H27F2N9O2S. The van der Waals surface area contributed by atoms with E-state index < -0.39 is 17.7 Å². The number of aromatic nitrogens is 3. The summed E-state index contributed by atoms with van der Waals surface area (Å²) in [4.78, 5) is 32.4. The number of anilines is 3. The average Bonchev–Trinajstić information content (AvgIpc) is 3.63. The molecule has 1 amide bonds. The highest BCUT2D eigenvalue weighted by molar-refractivity contribution is 7.23. The number of amides is 1. The number of likely N-dealkylation sites (N-methyl/N-ethyl adjacent to an activating group) is 2. The lowest BCUT2D eigenvalue weighted by molar-refractivity contribution is -0.127. The second-order valence-electron chi connectivity index (χ2n) is 11.1. The number of carbonyl (C=O) groups is 1. The molecule has 1 unspecified atom stereocenters. The number of fused-ring (bicyclic) bond motifs is 4. The number of nitriles is 1. The van der Waals surface area contributed by atoms with E-state index in [9.17, 15) is 14.4 Å². The molecule has 11 nitrogen and oxygen atoms in total. The van der Waals surface area contributed by atoms with Crippen LogP contribution in [0.15, 0.2) is 6.20 Å². The van der Waals surface area contributed by atoms with Crippen LogP contribution < -0.4 is 16.0 Å². The van der Waals surface area contributed by atoms with Gasteiger partial charge in [-0.25, -0.2) is 13.8 Å². The summed E-state index contributed by atoms with van der Waals surface area (Å²) in [7, 11) is 5.74. The van der Waals surface area contributed by atoms with E-state index in [0.717, 1.165) is 17.5 Å². The van der Waals surface area contributed by atoms with Gasteiger partial charge in [0.1, 0.15) is 28.4 Å². The largest absolute Gasteiger partial charge is 0.389 e. The van der Waals surface area contributed by atoms with E-state index >= 15 is 4.39 Å². The van der Waals surface area contributed by atoms with Gasteiger partial charge < -0.3 is 30.5 Å². The van der Waals surface area contributed by atoms with Gasteiger partial charge in [0, 0.05) is 43.7 Å². The van der Waals surface area contributed by atoms with E-state index in [-0.39, 0.29) is 56.5 Å². The first-order valence-corrected chi connectivity index (χ1v) is 14.3.